The van der Waals surface area contributed by atoms with Crippen molar-refractivity contribution in [2.45, 2.75) is 32.8 Å². The van der Waals surface area contributed by atoms with Crippen molar-refractivity contribution in [1.29, 1.82) is 0 Å². The summed E-state index contributed by atoms with van der Waals surface area (Å²) in [5.74, 6) is 0. The number of cyclic esters (lactones) is 1. The van der Waals surface area contributed by atoms with E-state index in [0.29, 0.717) is 17.9 Å². The molecule has 2 heterocycles. The third kappa shape index (κ3) is 4.62. The third-order valence-corrected chi connectivity index (χ3v) is 5.02. The number of ether oxygens (including phenoxy) is 3. The molecule has 2 aromatic rings. The fourth-order valence-electron chi connectivity index (χ4n) is 3.54. The summed E-state index contributed by atoms with van der Waals surface area (Å²) in [6.07, 6.45) is 1.22. The van der Waals surface area contributed by atoms with Gasteiger partial charge < -0.3 is 19.5 Å². The lowest BCUT2D eigenvalue weighted by molar-refractivity contribution is 0.132. The molecule has 31 heavy (non-hydrogen) atoms. The predicted molar refractivity (Wildman–Crippen MR) is 112 cm³/mol. The Labute approximate surface area is 180 Å². The highest BCUT2D eigenvalue weighted by Crippen LogP contribution is 2.32. The molecule has 3 rings (SSSR count). The number of aryl methyl sites for hydroxylation is 2. The topological polar surface area (TPSA) is 112 Å². The van der Waals surface area contributed by atoms with Crippen LogP contribution in [0.5, 0.6) is 0 Å². The van der Waals surface area contributed by atoms with Gasteiger partial charge in [-0.25, -0.2) is 14.4 Å². The number of aromatic nitrogens is 2. The van der Waals surface area contributed by atoms with Crippen molar-refractivity contribution in [2.75, 3.05) is 32.2 Å². The minimum absolute atomic E-state index is 0.157. The summed E-state index contributed by atoms with van der Waals surface area (Å²) in [5.41, 5.74) is 3.98. The van der Waals surface area contributed by atoms with Gasteiger partial charge in [-0.1, -0.05) is 19.4 Å². The molecule has 1 unspecified atom stereocenters. The molecule has 1 aliphatic rings. The summed E-state index contributed by atoms with van der Waals surface area (Å²) < 4.78 is 16.0. The van der Waals surface area contributed by atoms with E-state index >= 15 is 0 Å². The molecule has 1 atom stereocenters. The Balaban J connectivity index is 1.86. The molecule has 10 nitrogen and oxygen atoms in total. The predicted octanol–water partition coefficient (Wildman–Crippen LogP) is 3.11. The SMILES string of the molecule is CCCc1cnn(C(=O)OC)c1-c1ccc(N2CC(CNC(=O)OC)OC2=O)cc1C. The molecule has 0 saturated carbocycles. The maximum absolute atomic E-state index is 12.3. The number of nitrogens with zero attached hydrogens (tertiary/aromatic N) is 3. The molecule has 0 aliphatic carbocycles. The zero-order valence-corrected chi connectivity index (χ0v) is 18.0. The average Bonchev–Trinajstić information content (AvgIpc) is 3.35. The lowest BCUT2D eigenvalue weighted by Crippen LogP contribution is -2.34. The number of hydrogen-bond donors (Lipinski definition) is 1. The Morgan fingerprint density at radius 2 is 2.06 bits per heavy atom. The average molecular weight is 430 g/mol. The Hall–Kier alpha value is -3.56. The zero-order chi connectivity index (χ0) is 22.5. The highest BCUT2D eigenvalue weighted by atomic mass is 16.6. The molecule has 0 spiro atoms. The molecule has 10 heteroatoms. The number of amides is 2. The quantitative estimate of drug-likeness (QED) is 0.701. The van der Waals surface area contributed by atoms with Gasteiger partial charge in [-0.2, -0.15) is 9.78 Å². The molecule has 1 aliphatic heterocycles. The van der Waals surface area contributed by atoms with Gasteiger partial charge in [-0.05, 0) is 36.6 Å². The van der Waals surface area contributed by atoms with E-state index in [2.05, 4.69) is 22.1 Å². The van der Waals surface area contributed by atoms with Crippen LogP contribution in [0.15, 0.2) is 24.4 Å². The number of methoxy groups -OCH3 is 2. The molecule has 1 saturated heterocycles. The zero-order valence-electron chi connectivity index (χ0n) is 18.0. The summed E-state index contributed by atoms with van der Waals surface area (Å²) in [4.78, 5) is 37.3. The third-order valence-electron chi connectivity index (χ3n) is 5.02. The van der Waals surface area contributed by atoms with E-state index in [0.717, 1.165) is 29.5 Å². The minimum Gasteiger partial charge on any atom is -0.453 e. The first-order valence-electron chi connectivity index (χ1n) is 9.95. The maximum atomic E-state index is 12.3. The van der Waals surface area contributed by atoms with E-state index in [-0.39, 0.29) is 6.54 Å². The normalized spacial score (nSPS) is 15.5. The van der Waals surface area contributed by atoms with Crippen molar-refractivity contribution in [3.8, 4) is 11.3 Å². The molecule has 0 radical (unpaired) electrons. The van der Waals surface area contributed by atoms with Crippen LogP contribution >= 0.6 is 0 Å². The van der Waals surface area contributed by atoms with Crippen LogP contribution in [-0.2, 0) is 20.6 Å². The summed E-state index contributed by atoms with van der Waals surface area (Å²) in [6.45, 7) is 4.41. The van der Waals surface area contributed by atoms with E-state index in [4.69, 9.17) is 9.47 Å². The number of carbonyl (C=O) groups excluding carboxylic acids is 3. The smallest absolute Gasteiger partial charge is 0.434 e. The lowest BCUT2D eigenvalue weighted by Gasteiger charge is -2.16. The largest absolute Gasteiger partial charge is 0.453 e. The van der Waals surface area contributed by atoms with E-state index in [1.807, 2.05) is 19.1 Å². The van der Waals surface area contributed by atoms with Crippen molar-refractivity contribution >= 4 is 24.0 Å². The minimum atomic E-state index is -0.584. The van der Waals surface area contributed by atoms with Gasteiger partial charge in [0.05, 0.1) is 39.2 Å². The number of hydrogen-bond acceptors (Lipinski definition) is 7. The van der Waals surface area contributed by atoms with Crippen LogP contribution in [0.2, 0.25) is 0 Å². The molecule has 2 amide bonds. The van der Waals surface area contributed by atoms with Crippen molar-refractivity contribution in [1.82, 2.24) is 15.1 Å². The van der Waals surface area contributed by atoms with E-state index < -0.39 is 24.4 Å². The molecular weight excluding hydrogens is 404 g/mol. The monoisotopic (exact) mass is 430 g/mol. The van der Waals surface area contributed by atoms with Crippen LogP contribution in [0.3, 0.4) is 0 Å². The fraction of sp³-hybridized carbons (Fsp3) is 0.429. The molecule has 1 aromatic heterocycles. The van der Waals surface area contributed by atoms with Gasteiger partial charge in [0.15, 0.2) is 0 Å². The summed E-state index contributed by atoms with van der Waals surface area (Å²) in [7, 11) is 2.58. The Bertz CT molecular complexity index is 986. The van der Waals surface area contributed by atoms with Crippen molar-refractivity contribution < 1.29 is 28.6 Å². The van der Waals surface area contributed by atoms with Gasteiger partial charge in [0.25, 0.3) is 0 Å². The standard InChI is InChI=1S/C21H26N4O6/c1-5-6-14-10-23-25(21(28)30-4)18(14)17-8-7-15(9-13(17)2)24-12-16(31-20(24)27)11-22-19(26)29-3/h7-10,16H,5-6,11-12H2,1-4H3,(H,22,26). The molecular formula is C21H26N4O6. The van der Waals surface area contributed by atoms with Crippen LogP contribution in [0.4, 0.5) is 20.1 Å². The number of rotatable bonds is 6. The molecule has 1 fully saturated rings. The first-order valence-corrected chi connectivity index (χ1v) is 9.95. The van der Waals surface area contributed by atoms with Crippen molar-refractivity contribution in [3.63, 3.8) is 0 Å². The van der Waals surface area contributed by atoms with Gasteiger partial charge >= 0.3 is 18.3 Å². The lowest BCUT2D eigenvalue weighted by atomic mass is 9.99. The van der Waals surface area contributed by atoms with Crippen LogP contribution in [-0.4, -0.2) is 61.5 Å². The highest BCUT2D eigenvalue weighted by molar-refractivity contribution is 5.91. The van der Waals surface area contributed by atoms with Gasteiger partial charge in [0.1, 0.15) is 6.10 Å². The van der Waals surface area contributed by atoms with Crippen LogP contribution in [0.25, 0.3) is 11.3 Å². The second-order valence-electron chi connectivity index (χ2n) is 7.14. The van der Waals surface area contributed by atoms with Crippen LogP contribution in [0.1, 0.15) is 24.5 Å². The second-order valence-corrected chi connectivity index (χ2v) is 7.14. The number of alkyl carbamates (subject to hydrolysis) is 1. The number of benzene rings is 1. The molecule has 166 valence electrons. The second kappa shape index (κ2) is 9.50. The van der Waals surface area contributed by atoms with Crippen LogP contribution in [0, 0.1) is 6.92 Å². The highest BCUT2D eigenvalue weighted by Gasteiger charge is 2.33. The summed E-state index contributed by atoms with van der Waals surface area (Å²) in [5, 5.41) is 6.73. The maximum Gasteiger partial charge on any atom is 0.434 e. The molecule has 1 aromatic carbocycles. The van der Waals surface area contributed by atoms with Gasteiger partial charge in [-0.3, -0.25) is 4.90 Å². The Morgan fingerprint density at radius 3 is 2.71 bits per heavy atom. The van der Waals surface area contributed by atoms with E-state index in [1.54, 1.807) is 12.3 Å². The van der Waals surface area contributed by atoms with Gasteiger partial charge in [-0.15, -0.1) is 0 Å². The summed E-state index contributed by atoms with van der Waals surface area (Å²) in [6, 6.07) is 5.51. The van der Waals surface area contributed by atoms with E-state index in [9.17, 15) is 14.4 Å². The number of carbonyl (C=O) groups is 3. The van der Waals surface area contributed by atoms with Gasteiger partial charge in [0.2, 0.25) is 0 Å². The summed E-state index contributed by atoms with van der Waals surface area (Å²) >= 11 is 0. The number of nitrogens with one attached hydrogen (secondary N) is 1. The van der Waals surface area contributed by atoms with Crippen LogP contribution < -0.4 is 10.2 Å². The van der Waals surface area contributed by atoms with Crippen molar-refractivity contribution in [2.24, 2.45) is 0 Å². The Morgan fingerprint density at radius 1 is 1.29 bits per heavy atom. The Kier molecular flexibility index (Phi) is 6.78. The van der Waals surface area contributed by atoms with Crippen molar-refractivity contribution in [3.05, 3.63) is 35.5 Å². The molecule has 0 bridgehead atoms. The first kappa shape index (κ1) is 22.1. The van der Waals surface area contributed by atoms with Gasteiger partial charge in [0, 0.05) is 11.3 Å². The fourth-order valence-corrected chi connectivity index (χ4v) is 3.54. The van der Waals surface area contributed by atoms with E-state index in [1.165, 1.54) is 23.8 Å². The molecule has 1 N–H and O–H groups in total. The number of anilines is 1. The first-order chi connectivity index (χ1) is 14.9.